The highest BCUT2D eigenvalue weighted by molar-refractivity contribution is 6.08. The molecule has 1 amide bonds. The van der Waals surface area contributed by atoms with E-state index in [1.165, 1.54) is 39.6 Å². The largest absolute Gasteiger partial charge is 0.502 e. The maximum absolute atomic E-state index is 11.6. The number of carbonyl (C=O) groups excluding carboxylic acids is 1. The van der Waals surface area contributed by atoms with E-state index in [1.54, 1.807) is 19.3 Å². The molecule has 1 aliphatic carbocycles. The molecule has 7 rings (SSSR count). The lowest BCUT2D eigenvalue weighted by molar-refractivity contribution is -0.116. The third-order valence-corrected chi connectivity index (χ3v) is 9.09. The van der Waals surface area contributed by atoms with Gasteiger partial charge >= 0.3 is 0 Å². The van der Waals surface area contributed by atoms with Crippen molar-refractivity contribution in [2.75, 3.05) is 7.11 Å². The van der Waals surface area contributed by atoms with Crippen molar-refractivity contribution in [2.24, 2.45) is 5.73 Å². The molecule has 0 saturated carbocycles. The van der Waals surface area contributed by atoms with Crippen LogP contribution in [0, 0.1) is 0 Å². The molecule has 5 aromatic rings. The average Bonchev–Trinajstić information content (AvgIpc) is 3.39. The average molecular weight is 611 g/mol. The maximum Gasteiger partial charge on any atom is 0.250 e. The van der Waals surface area contributed by atoms with Crippen LogP contribution in [0.25, 0.3) is 33.5 Å². The van der Waals surface area contributed by atoms with Crippen LogP contribution in [-0.4, -0.2) is 13.0 Å². The summed E-state index contributed by atoms with van der Waals surface area (Å²) in [5.41, 5.74) is 19.8. The normalized spacial score (nSPS) is 14.7. The van der Waals surface area contributed by atoms with Crippen molar-refractivity contribution in [1.29, 1.82) is 0 Å². The van der Waals surface area contributed by atoms with E-state index in [0.29, 0.717) is 5.70 Å². The number of nitrogens with two attached hydrogens (primary N) is 1. The van der Waals surface area contributed by atoms with Gasteiger partial charge in [-0.05, 0) is 85.5 Å². The molecule has 1 aliphatic heterocycles. The standard InChI is InChI=1S/C43H34N2O2/c1-4-29(40(44)27-47-3)22-28(2)30-18-20-36-37-21-19-32(31-12-11-13-33(23-31)41-26-42(46)45-41)25-39(37)43(38(36)24-30,34-14-7-5-8-15-34)35-16-9-6-10-17-35/h4-27H,1-2,44H2,3H3,(H,45,46)/b29-22+,40-27-. The highest BCUT2D eigenvalue weighted by Crippen LogP contribution is 2.57. The Morgan fingerprint density at radius 2 is 1.36 bits per heavy atom. The fourth-order valence-electron chi connectivity index (χ4n) is 6.87. The summed E-state index contributed by atoms with van der Waals surface area (Å²) in [5, 5.41) is 2.88. The Kier molecular flexibility index (Phi) is 7.55. The van der Waals surface area contributed by atoms with E-state index in [-0.39, 0.29) is 5.91 Å². The minimum atomic E-state index is -0.596. The lowest BCUT2D eigenvalue weighted by Crippen LogP contribution is -2.29. The minimum absolute atomic E-state index is 0.0654. The molecule has 5 aromatic carbocycles. The van der Waals surface area contributed by atoms with Crippen molar-refractivity contribution in [3.63, 3.8) is 0 Å². The highest BCUT2D eigenvalue weighted by Gasteiger charge is 2.46. The molecule has 228 valence electrons. The zero-order chi connectivity index (χ0) is 32.5. The molecule has 0 fully saturated rings. The molecule has 0 radical (unpaired) electrons. The van der Waals surface area contributed by atoms with Crippen LogP contribution in [0.3, 0.4) is 0 Å². The molecular formula is C43H34N2O2. The Bertz CT molecular complexity index is 2110. The molecule has 0 aromatic heterocycles. The Morgan fingerprint density at radius 3 is 1.98 bits per heavy atom. The fourth-order valence-corrected chi connectivity index (χ4v) is 6.87. The van der Waals surface area contributed by atoms with Gasteiger partial charge in [-0.25, -0.2) is 0 Å². The van der Waals surface area contributed by atoms with Gasteiger partial charge in [0.2, 0.25) is 5.91 Å². The molecule has 4 heteroatoms. The van der Waals surface area contributed by atoms with Crippen LogP contribution in [0.5, 0.6) is 0 Å². The predicted molar refractivity (Wildman–Crippen MR) is 192 cm³/mol. The maximum atomic E-state index is 11.6. The molecule has 0 bridgehead atoms. The first kappa shape index (κ1) is 29.6. The molecule has 0 saturated heterocycles. The van der Waals surface area contributed by atoms with E-state index >= 15 is 0 Å². The van der Waals surface area contributed by atoms with Crippen molar-refractivity contribution >= 4 is 17.2 Å². The topological polar surface area (TPSA) is 64.4 Å². The van der Waals surface area contributed by atoms with Crippen LogP contribution >= 0.6 is 0 Å². The Labute approximate surface area is 275 Å². The summed E-state index contributed by atoms with van der Waals surface area (Å²) in [7, 11) is 1.57. The summed E-state index contributed by atoms with van der Waals surface area (Å²) in [6, 6.07) is 43.2. The van der Waals surface area contributed by atoms with Crippen molar-refractivity contribution in [3.8, 4) is 22.3 Å². The van der Waals surface area contributed by atoms with Crippen LogP contribution in [0.15, 0.2) is 170 Å². The number of rotatable bonds is 9. The monoisotopic (exact) mass is 610 g/mol. The summed E-state index contributed by atoms with van der Waals surface area (Å²) in [6.07, 6.45) is 6.79. The van der Waals surface area contributed by atoms with Crippen molar-refractivity contribution in [2.45, 2.75) is 5.41 Å². The summed E-state index contributed by atoms with van der Waals surface area (Å²) < 4.78 is 5.14. The van der Waals surface area contributed by atoms with Gasteiger partial charge in [-0.3, -0.25) is 4.79 Å². The van der Waals surface area contributed by atoms with E-state index in [2.05, 4.69) is 128 Å². The van der Waals surface area contributed by atoms with Crippen LogP contribution < -0.4 is 11.1 Å². The van der Waals surface area contributed by atoms with Crippen molar-refractivity contribution in [3.05, 3.63) is 204 Å². The van der Waals surface area contributed by atoms with Crippen LogP contribution in [0.2, 0.25) is 0 Å². The van der Waals surface area contributed by atoms with Gasteiger partial charge in [0.1, 0.15) is 6.26 Å². The number of methoxy groups -OCH3 is 1. The van der Waals surface area contributed by atoms with Crippen LogP contribution in [-0.2, 0) is 14.9 Å². The SMILES string of the molecule is C=CC(=C\C(=C)c1ccc2c(c1)C(c1ccccc1)(c1ccccc1)c1cc(-c3cccc(C4=CC(=O)N4)c3)ccc1-2)/C(N)=C/OC. The second-order valence-corrected chi connectivity index (χ2v) is 11.8. The quantitative estimate of drug-likeness (QED) is 0.127. The van der Waals surface area contributed by atoms with Gasteiger partial charge in [-0.15, -0.1) is 0 Å². The third kappa shape index (κ3) is 5.01. The number of hydrogen-bond donors (Lipinski definition) is 2. The van der Waals surface area contributed by atoms with Crippen LogP contribution in [0.4, 0.5) is 0 Å². The molecule has 0 unspecified atom stereocenters. The number of hydrogen-bond acceptors (Lipinski definition) is 3. The number of carbonyl (C=O) groups is 1. The van der Waals surface area contributed by atoms with E-state index in [0.717, 1.165) is 39.1 Å². The summed E-state index contributed by atoms with van der Waals surface area (Å²) in [5.74, 6) is -0.0654. The molecule has 1 heterocycles. The first-order valence-corrected chi connectivity index (χ1v) is 15.5. The first-order valence-electron chi connectivity index (χ1n) is 15.5. The van der Waals surface area contributed by atoms with Crippen molar-refractivity contribution < 1.29 is 9.53 Å². The molecule has 0 spiro atoms. The van der Waals surface area contributed by atoms with E-state index in [4.69, 9.17) is 10.5 Å². The Balaban J connectivity index is 1.46. The Hall–Kier alpha value is -6.13. The summed E-state index contributed by atoms with van der Waals surface area (Å²) in [4.78, 5) is 11.6. The number of nitrogens with one attached hydrogen (secondary N) is 1. The van der Waals surface area contributed by atoms with Gasteiger partial charge in [0, 0.05) is 11.6 Å². The van der Waals surface area contributed by atoms with Gasteiger partial charge in [0.15, 0.2) is 0 Å². The van der Waals surface area contributed by atoms with E-state index in [1.807, 2.05) is 18.2 Å². The van der Waals surface area contributed by atoms with Crippen LogP contribution in [0.1, 0.15) is 33.4 Å². The summed E-state index contributed by atoms with van der Waals surface area (Å²) >= 11 is 0. The zero-order valence-electron chi connectivity index (χ0n) is 26.2. The third-order valence-electron chi connectivity index (χ3n) is 9.09. The van der Waals surface area contributed by atoms with Crippen molar-refractivity contribution in [1.82, 2.24) is 5.32 Å². The summed E-state index contributed by atoms with van der Waals surface area (Å²) in [6.45, 7) is 8.39. The Morgan fingerprint density at radius 1 is 0.766 bits per heavy atom. The first-order chi connectivity index (χ1) is 22.9. The second kappa shape index (κ2) is 12.0. The number of fused-ring (bicyclic) bond motifs is 3. The van der Waals surface area contributed by atoms with Gasteiger partial charge < -0.3 is 15.8 Å². The number of allylic oxidation sites excluding steroid dienone is 3. The van der Waals surface area contributed by atoms with E-state index < -0.39 is 5.41 Å². The fraction of sp³-hybridized carbons (Fsp3) is 0.0465. The lowest BCUT2D eigenvalue weighted by Gasteiger charge is -2.34. The zero-order valence-corrected chi connectivity index (χ0v) is 26.2. The molecule has 0 atom stereocenters. The van der Waals surface area contributed by atoms with Gasteiger partial charge in [0.05, 0.1) is 23.9 Å². The lowest BCUT2D eigenvalue weighted by atomic mass is 9.67. The number of benzene rings is 5. The smallest absolute Gasteiger partial charge is 0.250 e. The second-order valence-electron chi connectivity index (χ2n) is 11.8. The minimum Gasteiger partial charge on any atom is -0.502 e. The predicted octanol–water partition coefficient (Wildman–Crippen LogP) is 8.76. The molecular weight excluding hydrogens is 576 g/mol. The number of amides is 1. The molecule has 4 nitrogen and oxygen atoms in total. The number of ether oxygens (including phenoxy) is 1. The van der Waals surface area contributed by atoms with E-state index in [9.17, 15) is 4.79 Å². The van der Waals surface area contributed by atoms with Gasteiger partial charge in [-0.1, -0.05) is 122 Å². The molecule has 3 N–H and O–H groups in total. The molecule has 47 heavy (non-hydrogen) atoms. The van der Waals surface area contributed by atoms with Gasteiger partial charge in [0.25, 0.3) is 0 Å². The molecule has 2 aliphatic rings. The van der Waals surface area contributed by atoms with Gasteiger partial charge in [-0.2, -0.15) is 0 Å². The highest BCUT2D eigenvalue weighted by atomic mass is 16.5.